The molecular weight excluding hydrogens is 218 g/mol. The minimum atomic E-state index is 0.150. The van der Waals surface area contributed by atoms with Gasteiger partial charge in [-0.2, -0.15) is 10.1 Å². The number of aromatic nitrogens is 4. The van der Waals surface area contributed by atoms with Crippen molar-refractivity contribution in [3.63, 3.8) is 0 Å². The van der Waals surface area contributed by atoms with Crippen LogP contribution in [-0.4, -0.2) is 26.0 Å². The van der Waals surface area contributed by atoms with Crippen LogP contribution in [0.4, 0.5) is 0 Å². The fraction of sp³-hybridized carbons (Fsp3) is 0.545. The van der Waals surface area contributed by atoms with Gasteiger partial charge in [-0.15, -0.1) is 0 Å². The first-order valence-electron chi connectivity index (χ1n) is 5.79. The topological polar surface area (TPSA) is 82.8 Å². The Kier molecular flexibility index (Phi) is 2.44. The van der Waals surface area contributed by atoms with Crippen molar-refractivity contribution in [1.29, 1.82) is 0 Å². The van der Waals surface area contributed by atoms with E-state index in [1.807, 2.05) is 13.2 Å². The van der Waals surface area contributed by atoms with E-state index in [2.05, 4.69) is 15.2 Å². The predicted molar refractivity (Wildman–Crippen MR) is 60.9 cm³/mol. The van der Waals surface area contributed by atoms with Gasteiger partial charge in [-0.25, -0.2) is 0 Å². The predicted octanol–water partition coefficient (Wildman–Crippen LogP) is 0.750. The lowest BCUT2D eigenvalue weighted by Crippen LogP contribution is -2.25. The van der Waals surface area contributed by atoms with Gasteiger partial charge in [0.15, 0.2) is 0 Å². The van der Waals surface area contributed by atoms with Crippen molar-refractivity contribution in [3.05, 3.63) is 18.3 Å². The van der Waals surface area contributed by atoms with E-state index in [4.69, 9.17) is 10.3 Å². The molecule has 17 heavy (non-hydrogen) atoms. The summed E-state index contributed by atoms with van der Waals surface area (Å²) in [5.41, 5.74) is 6.88. The summed E-state index contributed by atoms with van der Waals surface area (Å²) in [6.45, 7) is 0. The van der Waals surface area contributed by atoms with Gasteiger partial charge in [-0.3, -0.25) is 4.68 Å². The Labute approximate surface area is 98.8 Å². The quantitative estimate of drug-likeness (QED) is 0.842. The van der Waals surface area contributed by atoms with Crippen molar-refractivity contribution < 1.29 is 4.52 Å². The Balaban J connectivity index is 1.73. The second-order valence-electron chi connectivity index (χ2n) is 4.62. The molecule has 90 valence electrons. The Morgan fingerprint density at radius 1 is 1.59 bits per heavy atom. The molecule has 0 aliphatic heterocycles. The second kappa shape index (κ2) is 3.96. The van der Waals surface area contributed by atoms with Crippen LogP contribution in [0.25, 0.3) is 11.4 Å². The molecule has 2 aromatic heterocycles. The van der Waals surface area contributed by atoms with Crippen LogP contribution in [0.3, 0.4) is 0 Å². The zero-order valence-corrected chi connectivity index (χ0v) is 9.71. The third-order valence-electron chi connectivity index (χ3n) is 3.07. The van der Waals surface area contributed by atoms with E-state index in [1.54, 1.807) is 10.9 Å². The largest absolute Gasteiger partial charge is 0.339 e. The Bertz CT molecular complexity index is 513. The third kappa shape index (κ3) is 2.21. The van der Waals surface area contributed by atoms with Crippen LogP contribution >= 0.6 is 0 Å². The SMILES string of the molecule is Cn1cc(-c2noc(CC(N)C3CC3)n2)cn1. The molecule has 0 amide bonds. The number of aryl methyl sites for hydroxylation is 1. The molecule has 1 atom stereocenters. The first kappa shape index (κ1) is 10.5. The molecule has 1 saturated carbocycles. The molecule has 6 nitrogen and oxygen atoms in total. The fourth-order valence-electron chi connectivity index (χ4n) is 1.88. The average Bonchev–Trinajstić information content (AvgIpc) is 2.92. The van der Waals surface area contributed by atoms with Gasteiger partial charge in [0, 0.05) is 25.7 Å². The molecule has 0 saturated heterocycles. The first-order chi connectivity index (χ1) is 8.22. The van der Waals surface area contributed by atoms with Crippen LogP contribution in [0.15, 0.2) is 16.9 Å². The van der Waals surface area contributed by atoms with E-state index in [-0.39, 0.29) is 6.04 Å². The minimum Gasteiger partial charge on any atom is -0.339 e. The molecule has 0 bridgehead atoms. The first-order valence-corrected chi connectivity index (χ1v) is 5.79. The van der Waals surface area contributed by atoms with E-state index in [1.165, 1.54) is 12.8 Å². The van der Waals surface area contributed by atoms with Gasteiger partial charge in [-0.05, 0) is 18.8 Å². The molecule has 2 heterocycles. The molecule has 1 unspecified atom stereocenters. The summed E-state index contributed by atoms with van der Waals surface area (Å²) in [5, 5.41) is 8.01. The molecule has 1 aliphatic rings. The molecule has 2 N–H and O–H groups in total. The summed E-state index contributed by atoms with van der Waals surface area (Å²) >= 11 is 0. The summed E-state index contributed by atoms with van der Waals surface area (Å²) in [6, 6.07) is 0.150. The lowest BCUT2D eigenvalue weighted by molar-refractivity contribution is 0.364. The van der Waals surface area contributed by atoms with Crippen LogP contribution in [0, 0.1) is 5.92 Å². The Morgan fingerprint density at radius 2 is 2.41 bits per heavy atom. The summed E-state index contributed by atoms with van der Waals surface area (Å²) in [4.78, 5) is 4.33. The molecule has 1 aliphatic carbocycles. The summed E-state index contributed by atoms with van der Waals surface area (Å²) < 4.78 is 6.91. The fourth-order valence-corrected chi connectivity index (χ4v) is 1.88. The maximum absolute atomic E-state index is 6.02. The average molecular weight is 233 g/mol. The van der Waals surface area contributed by atoms with Gasteiger partial charge in [-0.1, -0.05) is 5.16 Å². The smallest absolute Gasteiger partial charge is 0.228 e. The molecule has 1 fully saturated rings. The van der Waals surface area contributed by atoms with Crippen LogP contribution < -0.4 is 5.73 Å². The molecule has 2 aromatic rings. The van der Waals surface area contributed by atoms with E-state index in [9.17, 15) is 0 Å². The molecular formula is C11H15N5O. The van der Waals surface area contributed by atoms with Crippen molar-refractivity contribution >= 4 is 0 Å². The van der Waals surface area contributed by atoms with Crippen molar-refractivity contribution in [2.24, 2.45) is 18.7 Å². The second-order valence-corrected chi connectivity index (χ2v) is 4.62. The monoisotopic (exact) mass is 233 g/mol. The lowest BCUT2D eigenvalue weighted by Gasteiger charge is -2.04. The zero-order valence-electron chi connectivity index (χ0n) is 9.71. The standard InChI is InChI=1S/C11H15N5O/c1-16-6-8(5-13-16)11-14-10(17-15-11)4-9(12)7-2-3-7/h5-7,9H,2-4,12H2,1H3. The highest BCUT2D eigenvalue weighted by molar-refractivity contribution is 5.50. The van der Waals surface area contributed by atoms with Crippen molar-refractivity contribution in [1.82, 2.24) is 19.9 Å². The maximum Gasteiger partial charge on any atom is 0.228 e. The van der Waals surface area contributed by atoms with Gasteiger partial charge in [0.2, 0.25) is 11.7 Å². The molecule has 6 heteroatoms. The van der Waals surface area contributed by atoms with Gasteiger partial charge >= 0.3 is 0 Å². The van der Waals surface area contributed by atoms with Crippen molar-refractivity contribution in [2.45, 2.75) is 25.3 Å². The highest BCUT2D eigenvalue weighted by atomic mass is 16.5. The number of hydrogen-bond donors (Lipinski definition) is 1. The van der Waals surface area contributed by atoms with E-state index < -0.39 is 0 Å². The van der Waals surface area contributed by atoms with Crippen LogP contribution in [0.1, 0.15) is 18.7 Å². The van der Waals surface area contributed by atoms with E-state index in [0.29, 0.717) is 24.1 Å². The highest BCUT2D eigenvalue weighted by Gasteiger charge is 2.29. The minimum absolute atomic E-state index is 0.150. The molecule has 0 spiro atoms. The lowest BCUT2D eigenvalue weighted by atomic mass is 10.1. The summed E-state index contributed by atoms with van der Waals surface area (Å²) in [6.07, 6.45) is 6.69. The summed E-state index contributed by atoms with van der Waals surface area (Å²) in [5.74, 6) is 1.84. The van der Waals surface area contributed by atoms with E-state index in [0.717, 1.165) is 5.56 Å². The maximum atomic E-state index is 6.02. The highest BCUT2D eigenvalue weighted by Crippen LogP contribution is 2.32. The van der Waals surface area contributed by atoms with Crippen LogP contribution in [0.2, 0.25) is 0 Å². The molecule has 3 rings (SSSR count). The Morgan fingerprint density at radius 3 is 3.06 bits per heavy atom. The van der Waals surface area contributed by atoms with Gasteiger partial charge < -0.3 is 10.3 Å². The number of rotatable bonds is 4. The number of nitrogens with zero attached hydrogens (tertiary/aromatic N) is 4. The molecule has 0 aromatic carbocycles. The summed E-state index contributed by atoms with van der Waals surface area (Å²) in [7, 11) is 1.85. The van der Waals surface area contributed by atoms with Gasteiger partial charge in [0.05, 0.1) is 11.8 Å². The van der Waals surface area contributed by atoms with Crippen molar-refractivity contribution in [3.8, 4) is 11.4 Å². The third-order valence-corrected chi connectivity index (χ3v) is 3.07. The van der Waals surface area contributed by atoms with Crippen LogP contribution in [-0.2, 0) is 13.5 Å². The Hall–Kier alpha value is -1.69. The van der Waals surface area contributed by atoms with Gasteiger partial charge in [0.1, 0.15) is 0 Å². The van der Waals surface area contributed by atoms with Crippen LogP contribution in [0.5, 0.6) is 0 Å². The number of nitrogens with two attached hydrogens (primary N) is 1. The van der Waals surface area contributed by atoms with E-state index >= 15 is 0 Å². The molecule has 0 radical (unpaired) electrons. The van der Waals surface area contributed by atoms with Gasteiger partial charge in [0.25, 0.3) is 0 Å². The zero-order chi connectivity index (χ0) is 11.8. The normalized spacial score (nSPS) is 17.3. The number of hydrogen-bond acceptors (Lipinski definition) is 5. The van der Waals surface area contributed by atoms with Crippen molar-refractivity contribution in [2.75, 3.05) is 0 Å².